The van der Waals surface area contributed by atoms with Gasteiger partial charge in [-0.15, -0.1) is 0 Å². The highest BCUT2D eigenvalue weighted by Crippen LogP contribution is 2.29. The molecular weight excluding hydrogens is 394 g/mol. The van der Waals surface area contributed by atoms with Gasteiger partial charge in [0.2, 0.25) is 0 Å². The number of hydrogen-bond donors (Lipinski definition) is 0. The lowest BCUT2D eigenvalue weighted by molar-refractivity contribution is -0.135. The van der Waals surface area contributed by atoms with Crippen molar-refractivity contribution in [2.75, 3.05) is 32.8 Å². The lowest BCUT2D eigenvalue weighted by atomic mass is 10.1. The molecule has 0 saturated carbocycles. The average Bonchev–Trinajstić information content (AvgIpc) is 3.29. The molecule has 0 radical (unpaired) electrons. The van der Waals surface area contributed by atoms with Crippen LogP contribution in [0.1, 0.15) is 23.1 Å². The van der Waals surface area contributed by atoms with Crippen molar-refractivity contribution in [2.24, 2.45) is 0 Å². The van der Waals surface area contributed by atoms with Gasteiger partial charge < -0.3 is 14.1 Å². The molecular formula is C24H25N3O4. The zero-order valence-corrected chi connectivity index (χ0v) is 17.4. The Morgan fingerprint density at radius 3 is 2.61 bits per heavy atom. The summed E-state index contributed by atoms with van der Waals surface area (Å²) in [4.78, 5) is 33.0. The van der Waals surface area contributed by atoms with Crippen molar-refractivity contribution in [1.29, 1.82) is 0 Å². The summed E-state index contributed by atoms with van der Waals surface area (Å²) in [5.74, 6) is 0.511. The molecule has 0 N–H and O–H groups in total. The Hall–Kier alpha value is -3.19. The molecule has 160 valence electrons. The van der Waals surface area contributed by atoms with E-state index >= 15 is 0 Å². The van der Waals surface area contributed by atoms with Gasteiger partial charge in [-0.1, -0.05) is 0 Å². The van der Waals surface area contributed by atoms with Gasteiger partial charge in [-0.3, -0.25) is 14.7 Å². The Morgan fingerprint density at radius 1 is 1.03 bits per heavy atom. The molecule has 3 heterocycles. The number of benzene rings is 1. The van der Waals surface area contributed by atoms with Crippen molar-refractivity contribution in [3.63, 3.8) is 0 Å². The third-order valence-corrected chi connectivity index (χ3v) is 6.19. The van der Waals surface area contributed by atoms with E-state index in [-0.39, 0.29) is 18.1 Å². The molecule has 7 heteroatoms. The van der Waals surface area contributed by atoms with Crippen LogP contribution >= 0.6 is 0 Å². The molecule has 1 aliphatic heterocycles. The van der Waals surface area contributed by atoms with Crippen molar-refractivity contribution in [1.82, 2.24) is 14.8 Å². The number of carbonyl (C=O) groups is 1. The number of aromatic nitrogens is 1. The van der Waals surface area contributed by atoms with Crippen molar-refractivity contribution >= 4 is 16.9 Å². The van der Waals surface area contributed by atoms with Crippen LogP contribution in [0.25, 0.3) is 11.0 Å². The summed E-state index contributed by atoms with van der Waals surface area (Å²) < 4.78 is 11.2. The fourth-order valence-electron chi connectivity index (χ4n) is 4.49. The van der Waals surface area contributed by atoms with Gasteiger partial charge in [0.1, 0.15) is 11.3 Å². The Balaban J connectivity index is 1.17. The number of pyridine rings is 1. The molecule has 0 bridgehead atoms. The molecule has 1 aromatic carbocycles. The van der Waals surface area contributed by atoms with E-state index in [1.54, 1.807) is 18.5 Å². The minimum absolute atomic E-state index is 0.0228. The smallest absolute Gasteiger partial charge is 0.339 e. The van der Waals surface area contributed by atoms with Crippen molar-refractivity contribution in [2.45, 2.75) is 25.8 Å². The first kappa shape index (κ1) is 19.8. The number of amides is 1. The maximum absolute atomic E-state index is 12.6. The van der Waals surface area contributed by atoms with Gasteiger partial charge in [0.05, 0.1) is 0 Å². The number of hydrogen-bond acceptors (Lipinski definition) is 6. The number of piperazine rings is 1. The second-order valence-electron chi connectivity index (χ2n) is 8.16. The number of nitrogens with zero attached hydrogens (tertiary/aromatic N) is 3. The summed E-state index contributed by atoms with van der Waals surface area (Å²) in [6, 6.07) is 9.53. The Labute approximate surface area is 180 Å². The third kappa shape index (κ3) is 4.18. The van der Waals surface area contributed by atoms with Gasteiger partial charge >= 0.3 is 5.63 Å². The van der Waals surface area contributed by atoms with Gasteiger partial charge in [0, 0.05) is 62.1 Å². The number of rotatable bonds is 5. The van der Waals surface area contributed by atoms with Crippen LogP contribution < -0.4 is 10.4 Å². The van der Waals surface area contributed by atoms with E-state index in [4.69, 9.17) is 9.15 Å². The molecule has 1 aliphatic carbocycles. The van der Waals surface area contributed by atoms with E-state index in [9.17, 15) is 9.59 Å². The van der Waals surface area contributed by atoms with Crippen molar-refractivity contribution in [3.05, 3.63) is 69.8 Å². The molecule has 2 aliphatic rings. The average molecular weight is 419 g/mol. The van der Waals surface area contributed by atoms with Crippen LogP contribution in [-0.4, -0.2) is 53.5 Å². The molecule has 0 atom stereocenters. The summed E-state index contributed by atoms with van der Waals surface area (Å²) in [5, 5.41) is 0.969. The molecule has 1 fully saturated rings. The zero-order chi connectivity index (χ0) is 21.2. The predicted molar refractivity (Wildman–Crippen MR) is 116 cm³/mol. The fraction of sp³-hybridized carbons (Fsp3) is 0.375. The highest BCUT2D eigenvalue weighted by Gasteiger charge is 2.22. The molecule has 5 rings (SSSR count). The van der Waals surface area contributed by atoms with Crippen LogP contribution in [0.2, 0.25) is 0 Å². The van der Waals surface area contributed by atoms with Gasteiger partial charge in [0.15, 0.2) is 6.61 Å². The van der Waals surface area contributed by atoms with Crippen LogP contribution in [0.15, 0.2) is 51.9 Å². The highest BCUT2D eigenvalue weighted by atomic mass is 16.5. The fourth-order valence-corrected chi connectivity index (χ4v) is 4.49. The van der Waals surface area contributed by atoms with E-state index in [1.807, 2.05) is 29.2 Å². The van der Waals surface area contributed by atoms with Gasteiger partial charge in [-0.05, 0) is 54.7 Å². The van der Waals surface area contributed by atoms with E-state index in [0.29, 0.717) is 24.4 Å². The van der Waals surface area contributed by atoms with Gasteiger partial charge in [-0.2, -0.15) is 0 Å². The SMILES string of the molecule is O=C(COc1ccc2c3c(c(=O)oc2c1)CCC3)N1CCN(Cc2ccncc2)CC1. The molecule has 0 unspecified atom stereocenters. The van der Waals surface area contributed by atoms with Crippen molar-refractivity contribution in [3.8, 4) is 5.75 Å². The Kier molecular flexibility index (Phi) is 5.42. The van der Waals surface area contributed by atoms with Crippen LogP contribution in [0, 0.1) is 0 Å². The number of aryl methyl sites for hydroxylation is 1. The summed E-state index contributed by atoms with van der Waals surface area (Å²) in [6.45, 7) is 3.89. The standard InChI is InChI=1S/C24H25N3O4/c28-23(27-12-10-26(11-13-27)15-17-6-8-25-9-7-17)16-30-18-4-5-20-19-2-1-3-21(19)24(29)31-22(20)14-18/h4-9,14H,1-3,10-13,15-16H2. The monoisotopic (exact) mass is 419 g/mol. The molecule has 31 heavy (non-hydrogen) atoms. The normalized spacial score (nSPS) is 16.5. The van der Waals surface area contributed by atoms with E-state index in [2.05, 4.69) is 9.88 Å². The molecule has 7 nitrogen and oxygen atoms in total. The first-order chi connectivity index (χ1) is 15.2. The Bertz CT molecular complexity index is 1150. The number of ether oxygens (including phenoxy) is 1. The van der Waals surface area contributed by atoms with Crippen LogP contribution in [-0.2, 0) is 24.2 Å². The molecule has 0 spiro atoms. The highest BCUT2D eigenvalue weighted by molar-refractivity contribution is 5.83. The summed E-state index contributed by atoms with van der Waals surface area (Å²) in [5.41, 5.74) is 3.41. The van der Waals surface area contributed by atoms with E-state index < -0.39 is 0 Å². The first-order valence-electron chi connectivity index (χ1n) is 10.8. The zero-order valence-electron chi connectivity index (χ0n) is 17.4. The Morgan fingerprint density at radius 2 is 1.81 bits per heavy atom. The molecule has 1 saturated heterocycles. The summed E-state index contributed by atoms with van der Waals surface area (Å²) in [7, 11) is 0. The van der Waals surface area contributed by atoms with Crippen molar-refractivity contribution < 1.29 is 13.9 Å². The maximum Gasteiger partial charge on any atom is 0.339 e. The minimum Gasteiger partial charge on any atom is -0.484 e. The second kappa shape index (κ2) is 8.51. The first-order valence-corrected chi connectivity index (χ1v) is 10.8. The summed E-state index contributed by atoms with van der Waals surface area (Å²) >= 11 is 0. The number of carbonyl (C=O) groups excluding carboxylic acids is 1. The maximum atomic E-state index is 12.6. The van der Waals surface area contributed by atoms with Crippen LogP contribution in [0.3, 0.4) is 0 Å². The molecule has 2 aromatic heterocycles. The minimum atomic E-state index is -0.252. The second-order valence-corrected chi connectivity index (χ2v) is 8.16. The lowest BCUT2D eigenvalue weighted by Gasteiger charge is -2.34. The molecule has 3 aromatic rings. The van der Waals surface area contributed by atoms with E-state index in [0.717, 1.165) is 55.4 Å². The lowest BCUT2D eigenvalue weighted by Crippen LogP contribution is -2.49. The van der Waals surface area contributed by atoms with Crippen LogP contribution in [0.5, 0.6) is 5.75 Å². The van der Waals surface area contributed by atoms with Gasteiger partial charge in [0.25, 0.3) is 5.91 Å². The molecule has 1 amide bonds. The quantitative estimate of drug-likeness (QED) is 0.591. The predicted octanol–water partition coefficient (Wildman–Crippen LogP) is 2.40. The van der Waals surface area contributed by atoms with Gasteiger partial charge in [-0.25, -0.2) is 4.79 Å². The van der Waals surface area contributed by atoms with Crippen LogP contribution in [0.4, 0.5) is 0 Å². The summed E-state index contributed by atoms with van der Waals surface area (Å²) in [6.07, 6.45) is 6.29. The topological polar surface area (TPSA) is 75.9 Å². The van der Waals surface area contributed by atoms with E-state index in [1.165, 1.54) is 5.56 Å². The third-order valence-electron chi connectivity index (χ3n) is 6.19. The number of fused-ring (bicyclic) bond motifs is 3. The largest absolute Gasteiger partial charge is 0.484 e.